The van der Waals surface area contributed by atoms with Crippen LogP contribution in [0.4, 0.5) is 5.95 Å². The summed E-state index contributed by atoms with van der Waals surface area (Å²) >= 11 is 9.55. The molecule has 1 N–H and O–H groups in total. The first kappa shape index (κ1) is 16.3. The molecule has 0 fully saturated rings. The van der Waals surface area contributed by atoms with Crippen molar-refractivity contribution >= 4 is 33.5 Å². The van der Waals surface area contributed by atoms with Crippen LogP contribution >= 0.6 is 27.5 Å². The molecule has 1 heterocycles. The summed E-state index contributed by atoms with van der Waals surface area (Å²) in [5.41, 5.74) is 1.97. The average molecular weight is 373 g/mol. The lowest BCUT2D eigenvalue weighted by atomic mass is 10.3. The van der Waals surface area contributed by atoms with Gasteiger partial charge in [0.1, 0.15) is 0 Å². The van der Waals surface area contributed by atoms with Crippen LogP contribution < -0.4 is 5.32 Å². The van der Waals surface area contributed by atoms with Crippen molar-refractivity contribution in [1.82, 2.24) is 9.55 Å². The SMILES string of the molecule is CCOCCCNc1nc(C)cn1-c1ccc(Cl)cc1Br. The topological polar surface area (TPSA) is 39.1 Å². The van der Waals surface area contributed by atoms with Gasteiger partial charge >= 0.3 is 0 Å². The van der Waals surface area contributed by atoms with Crippen molar-refractivity contribution in [2.75, 3.05) is 25.1 Å². The van der Waals surface area contributed by atoms with E-state index in [-0.39, 0.29) is 0 Å². The van der Waals surface area contributed by atoms with Crippen molar-refractivity contribution in [1.29, 1.82) is 0 Å². The maximum atomic E-state index is 6.00. The van der Waals surface area contributed by atoms with Crippen LogP contribution in [0.3, 0.4) is 0 Å². The molecule has 1 aromatic heterocycles. The lowest BCUT2D eigenvalue weighted by molar-refractivity contribution is 0.147. The maximum Gasteiger partial charge on any atom is 0.207 e. The zero-order valence-electron chi connectivity index (χ0n) is 12.2. The fourth-order valence-electron chi connectivity index (χ4n) is 2.00. The molecule has 2 rings (SSSR count). The van der Waals surface area contributed by atoms with E-state index >= 15 is 0 Å². The second-order valence-electron chi connectivity index (χ2n) is 4.65. The third-order valence-corrected chi connectivity index (χ3v) is 3.82. The third kappa shape index (κ3) is 4.46. The number of anilines is 1. The second kappa shape index (κ2) is 7.82. The predicted molar refractivity (Wildman–Crippen MR) is 90.6 cm³/mol. The number of hydrogen-bond acceptors (Lipinski definition) is 3. The van der Waals surface area contributed by atoms with E-state index in [1.165, 1.54) is 0 Å². The van der Waals surface area contributed by atoms with Gasteiger partial charge in [0.25, 0.3) is 0 Å². The molecule has 0 aliphatic heterocycles. The number of imidazole rings is 1. The normalized spacial score (nSPS) is 10.9. The number of hydrogen-bond donors (Lipinski definition) is 1. The van der Waals surface area contributed by atoms with Crippen LogP contribution in [0.15, 0.2) is 28.9 Å². The van der Waals surface area contributed by atoms with Gasteiger partial charge in [-0.3, -0.25) is 4.57 Å². The Kier molecular flexibility index (Phi) is 6.08. The lowest BCUT2D eigenvalue weighted by Crippen LogP contribution is -2.10. The fraction of sp³-hybridized carbons (Fsp3) is 0.400. The molecule has 2 aromatic rings. The molecule has 0 spiro atoms. The number of rotatable bonds is 7. The van der Waals surface area contributed by atoms with E-state index in [1.54, 1.807) is 0 Å². The highest BCUT2D eigenvalue weighted by Crippen LogP contribution is 2.27. The van der Waals surface area contributed by atoms with E-state index in [2.05, 4.69) is 26.2 Å². The molecular formula is C15H19BrClN3O. The van der Waals surface area contributed by atoms with E-state index in [0.29, 0.717) is 5.02 Å². The van der Waals surface area contributed by atoms with Gasteiger partial charge in [-0.1, -0.05) is 11.6 Å². The van der Waals surface area contributed by atoms with E-state index in [4.69, 9.17) is 16.3 Å². The molecule has 21 heavy (non-hydrogen) atoms. The van der Waals surface area contributed by atoms with Gasteiger partial charge in [0.05, 0.1) is 11.4 Å². The Morgan fingerprint density at radius 1 is 1.43 bits per heavy atom. The van der Waals surface area contributed by atoms with Gasteiger partial charge in [-0.05, 0) is 54.4 Å². The molecule has 0 saturated carbocycles. The molecular weight excluding hydrogens is 354 g/mol. The van der Waals surface area contributed by atoms with Gasteiger partial charge in [0, 0.05) is 35.5 Å². The largest absolute Gasteiger partial charge is 0.382 e. The quantitative estimate of drug-likeness (QED) is 0.731. The zero-order valence-corrected chi connectivity index (χ0v) is 14.5. The first-order valence-electron chi connectivity index (χ1n) is 6.95. The van der Waals surface area contributed by atoms with Gasteiger partial charge < -0.3 is 10.1 Å². The molecule has 0 atom stereocenters. The molecule has 4 nitrogen and oxygen atoms in total. The fourth-order valence-corrected chi connectivity index (χ4v) is 2.88. The van der Waals surface area contributed by atoms with Crippen LogP contribution in [0, 0.1) is 6.92 Å². The molecule has 114 valence electrons. The summed E-state index contributed by atoms with van der Waals surface area (Å²) in [6, 6.07) is 5.72. The van der Waals surface area contributed by atoms with Crippen LogP contribution in [0.5, 0.6) is 0 Å². The summed E-state index contributed by atoms with van der Waals surface area (Å²) in [6.07, 6.45) is 2.94. The molecule has 0 amide bonds. The minimum Gasteiger partial charge on any atom is -0.382 e. The van der Waals surface area contributed by atoms with Gasteiger partial charge in [0.15, 0.2) is 0 Å². The first-order chi connectivity index (χ1) is 10.1. The van der Waals surface area contributed by atoms with Crippen molar-refractivity contribution in [3.8, 4) is 5.69 Å². The molecule has 0 aliphatic carbocycles. The number of halogens is 2. The minimum atomic E-state index is 0.702. The van der Waals surface area contributed by atoms with Gasteiger partial charge in [-0.25, -0.2) is 4.98 Å². The summed E-state index contributed by atoms with van der Waals surface area (Å²) < 4.78 is 8.29. The third-order valence-electron chi connectivity index (χ3n) is 2.95. The number of benzene rings is 1. The van der Waals surface area contributed by atoms with Crippen molar-refractivity contribution in [2.24, 2.45) is 0 Å². The van der Waals surface area contributed by atoms with Crippen molar-refractivity contribution < 1.29 is 4.74 Å². The Bertz CT molecular complexity index is 601. The van der Waals surface area contributed by atoms with Crippen LogP contribution in [0.25, 0.3) is 5.69 Å². The monoisotopic (exact) mass is 371 g/mol. The summed E-state index contributed by atoms with van der Waals surface area (Å²) in [4.78, 5) is 4.53. The molecule has 0 radical (unpaired) electrons. The highest BCUT2D eigenvalue weighted by atomic mass is 79.9. The Balaban J connectivity index is 2.13. The number of aryl methyl sites for hydroxylation is 1. The number of ether oxygens (including phenoxy) is 1. The summed E-state index contributed by atoms with van der Waals surface area (Å²) in [7, 11) is 0. The number of nitrogens with zero attached hydrogens (tertiary/aromatic N) is 2. The standard InChI is InChI=1S/C15H19BrClN3O/c1-3-21-8-4-7-18-15-19-11(2)10-20(15)14-6-5-12(17)9-13(14)16/h5-6,9-10H,3-4,7-8H2,1-2H3,(H,18,19). The van der Waals surface area contributed by atoms with Crippen LogP contribution in [0.1, 0.15) is 19.0 Å². The van der Waals surface area contributed by atoms with E-state index in [0.717, 1.165) is 48.0 Å². The molecule has 0 aliphatic rings. The molecule has 6 heteroatoms. The van der Waals surface area contributed by atoms with E-state index in [1.807, 2.05) is 42.8 Å². The summed E-state index contributed by atoms with van der Waals surface area (Å²) in [5.74, 6) is 0.826. The summed E-state index contributed by atoms with van der Waals surface area (Å²) in [5, 5.41) is 4.05. The Labute approximate surface area is 138 Å². The first-order valence-corrected chi connectivity index (χ1v) is 8.12. The van der Waals surface area contributed by atoms with Crippen LogP contribution in [-0.2, 0) is 4.74 Å². The Morgan fingerprint density at radius 2 is 2.24 bits per heavy atom. The zero-order chi connectivity index (χ0) is 15.2. The molecule has 0 bridgehead atoms. The van der Waals surface area contributed by atoms with Gasteiger partial charge in [-0.15, -0.1) is 0 Å². The van der Waals surface area contributed by atoms with Crippen molar-refractivity contribution in [3.05, 3.63) is 39.6 Å². The Morgan fingerprint density at radius 3 is 2.95 bits per heavy atom. The minimum absolute atomic E-state index is 0.702. The van der Waals surface area contributed by atoms with Crippen LogP contribution in [0.2, 0.25) is 5.02 Å². The highest BCUT2D eigenvalue weighted by Gasteiger charge is 2.10. The number of aromatic nitrogens is 2. The highest BCUT2D eigenvalue weighted by molar-refractivity contribution is 9.10. The molecule has 1 aromatic carbocycles. The average Bonchev–Trinajstić information content (AvgIpc) is 2.79. The van der Waals surface area contributed by atoms with E-state index in [9.17, 15) is 0 Å². The predicted octanol–water partition coefficient (Wildman–Crippen LogP) is 4.44. The van der Waals surface area contributed by atoms with Crippen molar-refractivity contribution in [3.63, 3.8) is 0 Å². The van der Waals surface area contributed by atoms with Gasteiger partial charge in [-0.2, -0.15) is 0 Å². The molecule has 0 saturated heterocycles. The smallest absolute Gasteiger partial charge is 0.207 e. The molecule has 0 unspecified atom stereocenters. The van der Waals surface area contributed by atoms with Crippen LogP contribution in [-0.4, -0.2) is 29.3 Å². The Hall–Kier alpha value is -1.04. The summed E-state index contributed by atoms with van der Waals surface area (Å²) in [6.45, 7) is 6.31. The number of nitrogens with one attached hydrogen (secondary N) is 1. The van der Waals surface area contributed by atoms with Crippen molar-refractivity contribution in [2.45, 2.75) is 20.3 Å². The lowest BCUT2D eigenvalue weighted by Gasteiger charge is -2.11. The second-order valence-corrected chi connectivity index (χ2v) is 5.94. The maximum absolute atomic E-state index is 6.00. The van der Waals surface area contributed by atoms with Gasteiger partial charge in [0.2, 0.25) is 5.95 Å². The van der Waals surface area contributed by atoms with E-state index < -0.39 is 0 Å².